The molecule has 0 spiro atoms. The number of nitrogens with two attached hydrogens (primary N) is 1. The van der Waals surface area contributed by atoms with Gasteiger partial charge in [-0.1, -0.05) is 32.9 Å². The maximum atomic E-state index is 13.4. The molecule has 0 amide bonds. The van der Waals surface area contributed by atoms with Crippen LogP contribution in [0.2, 0.25) is 0 Å². The van der Waals surface area contributed by atoms with Gasteiger partial charge in [0.25, 0.3) is 0 Å². The van der Waals surface area contributed by atoms with Crippen LogP contribution < -0.4 is 10.5 Å². The number of para-hydroxylation sites is 1. The van der Waals surface area contributed by atoms with Gasteiger partial charge >= 0.3 is 6.61 Å². The van der Waals surface area contributed by atoms with Crippen molar-refractivity contribution in [3.8, 4) is 22.6 Å². The van der Waals surface area contributed by atoms with Crippen LogP contribution in [0, 0.1) is 0 Å². The average molecular weight is 536 g/mol. The highest BCUT2D eigenvalue weighted by Crippen LogP contribution is 2.38. The van der Waals surface area contributed by atoms with Gasteiger partial charge in [0.05, 0.1) is 22.8 Å². The Balaban J connectivity index is 0.00000172. The normalized spacial score (nSPS) is 15.3. The maximum Gasteiger partial charge on any atom is 0.387 e. The molecule has 0 aliphatic heterocycles. The summed E-state index contributed by atoms with van der Waals surface area (Å²) in [5, 5.41) is 0. The molecule has 0 bridgehead atoms. The number of benzene rings is 2. The molecule has 2 N–H and O–H groups in total. The molecule has 4 aromatic rings. The number of hydrogen-bond donors (Lipinski definition) is 1. The Morgan fingerprint density at radius 3 is 2.62 bits per heavy atom. The van der Waals surface area contributed by atoms with Crippen molar-refractivity contribution in [2.45, 2.75) is 58.7 Å². The predicted molar refractivity (Wildman–Crippen MR) is 150 cm³/mol. The molecule has 1 aliphatic rings. The lowest BCUT2D eigenvalue weighted by atomic mass is 10.0. The SMILES string of the molecule is CC.CCC(c1nc2ccc(-c3cnc4c(c3)CCC4N)cc2n1-c1c(C=O)cccc1OC(F)F)N(C)C. The minimum Gasteiger partial charge on any atom is -0.433 e. The summed E-state index contributed by atoms with van der Waals surface area (Å²) in [6.07, 6.45) is 4.93. The molecule has 39 heavy (non-hydrogen) atoms. The van der Waals surface area contributed by atoms with Crippen molar-refractivity contribution in [2.24, 2.45) is 5.73 Å². The Hall–Kier alpha value is -3.69. The minimum atomic E-state index is -3.05. The second-order valence-corrected chi connectivity index (χ2v) is 9.50. The van der Waals surface area contributed by atoms with E-state index in [1.807, 2.05) is 64.2 Å². The van der Waals surface area contributed by atoms with Crippen LogP contribution in [-0.2, 0) is 6.42 Å². The minimum absolute atomic E-state index is 0.0411. The summed E-state index contributed by atoms with van der Waals surface area (Å²) in [7, 11) is 3.87. The third-order valence-electron chi connectivity index (χ3n) is 7.00. The van der Waals surface area contributed by atoms with Gasteiger partial charge in [-0.25, -0.2) is 4.98 Å². The number of carbonyl (C=O) groups excluding carboxylic acids is 1. The first-order valence-electron chi connectivity index (χ1n) is 13.3. The number of alkyl halides is 2. The summed E-state index contributed by atoms with van der Waals surface area (Å²) in [6, 6.07) is 12.3. The zero-order chi connectivity index (χ0) is 28.3. The fourth-order valence-corrected chi connectivity index (χ4v) is 5.24. The van der Waals surface area contributed by atoms with Crippen LogP contribution in [-0.4, -0.2) is 46.4 Å². The summed E-state index contributed by atoms with van der Waals surface area (Å²) in [5.41, 5.74) is 11.9. The Morgan fingerprint density at radius 1 is 1.18 bits per heavy atom. The van der Waals surface area contributed by atoms with Crippen LogP contribution in [0.1, 0.15) is 73.1 Å². The van der Waals surface area contributed by atoms with Gasteiger partial charge < -0.3 is 10.5 Å². The second kappa shape index (κ2) is 12.0. The molecule has 0 radical (unpaired) electrons. The van der Waals surface area contributed by atoms with E-state index in [9.17, 15) is 13.6 Å². The Kier molecular flexibility index (Phi) is 8.72. The molecule has 2 unspecified atom stereocenters. The highest BCUT2D eigenvalue weighted by atomic mass is 19.3. The van der Waals surface area contributed by atoms with E-state index in [1.54, 1.807) is 10.6 Å². The summed E-state index contributed by atoms with van der Waals surface area (Å²) < 4.78 is 33.5. The van der Waals surface area contributed by atoms with Gasteiger partial charge in [-0.05, 0) is 74.8 Å². The summed E-state index contributed by atoms with van der Waals surface area (Å²) >= 11 is 0. The molecule has 9 heteroatoms. The molecular weight excluding hydrogens is 500 g/mol. The summed E-state index contributed by atoms with van der Waals surface area (Å²) in [6.45, 7) is 2.98. The van der Waals surface area contributed by atoms with Crippen LogP contribution in [0.25, 0.3) is 27.8 Å². The van der Waals surface area contributed by atoms with E-state index in [0.29, 0.717) is 29.6 Å². The number of aryl methyl sites for hydroxylation is 1. The van der Waals surface area contributed by atoms with E-state index in [-0.39, 0.29) is 29.1 Å². The van der Waals surface area contributed by atoms with Gasteiger partial charge in [0.2, 0.25) is 0 Å². The number of ether oxygens (including phenoxy) is 1. The molecule has 0 fully saturated rings. The van der Waals surface area contributed by atoms with Crippen molar-refractivity contribution >= 4 is 17.3 Å². The molecule has 2 heterocycles. The number of nitrogens with zero attached hydrogens (tertiary/aromatic N) is 4. The number of fused-ring (bicyclic) bond motifs is 2. The standard InChI is InChI=1S/C28H29F2N5O2.C2H6/c1-4-22(34(2)3)27-33-21-11-9-16(19-12-17-8-10-20(31)25(17)32-14-19)13-23(21)35(27)26-18(15-36)6-5-7-24(26)37-28(29)30;1-2/h5-7,9,11-15,20,22,28H,4,8,10,31H2,1-3H3;1-2H3. The highest BCUT2D eigenvalue weighted by molar-refractivity contribution is 5.89. The first-order chi connectivity index (χ1) is 18.8. The molecule has 2 aromatic carbocycles. The number of pyridine rings is 1. The van der Waals surface area contributed by atoms with Crippen molar-refractivity contribution in [3.63, 3.8) is 0 Å². The average Bonchev–Trinajstić information content (AvgIpc) is 3.49. The smallest absolute Gasteiger partial charge is 0.387 e. The lowest BCUT2D eigenvalue weighted by molar-refractivity contribution is -0.0498. The first-order valence-corrected chi connectivity index (χ1v) is 13.3. The topological polar surface area (TPSA) is 86.3 Å². The van der Waals surface area contributed by atoms with Crippen molar-refractivity contribution in [3.05, 3.63) is 71.3 Å². The highest BCUT2D eigenvalue weighted by Gasteiger charge is 2.27. The van der Waals surface area contributed by atoms with Crippen LogP contribution in [0.15, 0.2) is 48.7 Å². The molecule has 5 rings (SSSR count). The monoisotopic (exact) mass is 535 g/mol. The van der Waals surface area contributed by atoms with Crippen molar-refractivity contribution in [1.82, 2.24) is 19.4 Å². The largest absolute Gasteiger partial charge is 0.433 e. The van der Waals surface area contributed by atoms with E-state index in [2.05, 4.69) is 11.1 Å². The number of rotatable bonds is 8. The van der Waals surface area contributed by atoms with Crippen molar-refractivity contribution in [2.75, 3.05) is 14.1 Å². The molecule has 0 saturated carbocycles. The van der Waals surface area contributed by atoms with E-state index in [4.69, 9.17) is 15.5 Å². The van der Waals surface area contributed by atoms with Crippen molar-refractivity contribution < 1.29 is 18.3 Å². The van der Waals surface area contributed by atoms with Gasteiger partial charge in [0.1, 0.15) is 11.5 Å². The molecule has 1 aliphatic carbocycles. The van der Waals surface area contributed by atoms with E-state index >= 15 is 0 Å². The number of halogens is 2. The molecular formula is C30H35F2N5O2. The van der Waals surface area contributed by atoms with Gasteiger partial charge in [0.15, 0.2) is 12.0 Å². The Bertz CT molecular complexity index is 1470. The zero-order valence-electron chi connectivity index (χ0n) is 23.0. The van der Waals surface area contributed by atoms with Crippen molar-refractivity contribution in [1.29, 1.82) is 0 Å². The third kappa shape index (κ3) is 5.42. The van der Waals surface area contributed by atoms with Crippen LogP contribution in [0.3, 0.4) is 0 Å². The van der Waals surface area contributed by atoms with E-state index < -0.39 is 6.61 Å². The van der Waals surface area contributed by atoms with Gasteiger partial charge in [-0.2, -0.15) is 8.78 Å². The molecule has 2 atom stereocenters. The fourth-order valence-electron chi connectivity index (χ4n) is 5.24. The number of aromatic nitrogens is 3. The van der Waals surface area contributed by atoms with Gasteiger partial charge in [-0.3, -0.25) is 19.2 Å². The second-order valence-electron chi connectivity index (χ2n) is 9.50. The Labute approximate surface area is 227 Å². The predicted octanol–water partition coefficient (Wildman–Crippen LogP) is 6.49. The summed E-state index contributed by atoms with van der Waals surface area (Å²) in [5.74, 6) is 0.540. The maximum absolute atomic E-state index is 13.4. The van der Waals surface area contributed by atoms with Crippen LogP contribution in [0.5, 0.6) is 5.75 Å². The number of hydrogen-bond acceptors (Lipinski definition) is 6. The summed E-state index contributed by atoms with van der Waals surface area (Å²) in [4.78, 5) is 23.6. The lowest BCUT2D eigenvalue weighted by Crippen LogP contribution is -2.23. The molecule has 0 saturated heterocycles. The van der Waals surface area contributed by atoms with Gasteiger partial charge in [0, 0.05) is 23.4 Å². The fraction of sp³-hybridized carbons (Fsp3) is 0.367. The first kappa shape index (κ1) is 28.3. The Morgan fingerprint density at radius 2 is 1.95 bits per heavy atom. The van der Waals surface area contributed by atoms with Crippen LogP contribution >= 0.6 is 0 Å². The van der Waals surface area contributed by atoms with E-state index in [1.165, 1.54) is 12.1 Å². The molecule has 7 nitrogen and oxygen atoms in total. The van der Waals surface area contributed by atoms with E-state index in [0.717, 1.165) is 35.2 Å². The third-order valence-corrected chi connectivity index (χ3v) is 7.00. The number of aldehydes is 1. The zero-order valence-corrected chi connectivity index (χ0v) is 23.0. The number of imidazole rings is 1. The quantitative estimate of drug-likeness (QED) is 0.260. The molecule has 2 aromatic heterocycles. The lowest BCUT2D eigenvalue weighted by Gasteiger charge is -2.25. The van der Waals surface area contributed by atoms with Crippen LogP contribution in [0.4, 0.5) is 8.78 Å². The number of carbonyl (C=O) groups is 1. The molecule has 206 valence electrons. The van der Waals surface area contributed by atoms with Gasteiger partial charge in [-0.15, -0.1) is 0 Å².